The number of rotatable bonds is 17. The molecule has 2 aromatic rings. The summed E-state index contributed by atoms with van der Waals surface area (Å²) in [5, 5.41) is 12.9. The van der Waals surface area contributed by atoms with Gasteiger partial charge in [0.05, 0.1) is 37.8 Å². The molecule has 0 unspecified atom stereocenters. The van der Waals surface area contributed by atoms with E-state index in [1.165, 1.54) is 0 Å². The monoisotopic (exact) mass is 562 g/mol. The highest BCUT2D eigenvalue weighted by Crippen LogP contribution is 2.25. The molecule has 0 radical (unpaired) electrons. The highest BCUT2D eigenvalue weighted by molar-refractivity contribution is 5.86. The van der Waals surface area contributed by atoms with Crippen molar-refractivity contribution in [2.24, 2.45) is 5.92 Å². The standard InChI is InChI=1S/C33H42N2O6/c1-3-5-7-17-32(38)41-24-29(23-40-22-25-13-8-6-9-14-25)34-33(39)27(12-4-2)19-31(37)35-20-28-16-11-10-15-26(28)18-30(35)21-36/h3-4,6,8-11,13-16,27,29-30,36H,1-2,5,7,12,17-24H2,(H,34,39)/t27-,29+,30+/m1/s1. The van der Waals surface area contributed by atoms with E-state index < -0.39 is 12.0 Å². The molecule has 0 aromatic heterocycles. The largest absolute Gasteiger partial charge is 0.463 e. The van der Waals surface area contributed by atoms with E-state index in [0.717, 1.165) is 16.7 Å². The van der Waals surface area contributed by atoms with E-state index in [9.17, 15) is 19.5 Å². The summed E-state index contributed by atoms with van der Waals surface area (Å²) in [5.74, 6) is -1.57. The summed E-state index contributed by atoms with van der Waals surface area (Å²) in [6.07, 6.45) is 5.81. The number of hydrogen-bond acceptors (Lipinski definition) is 6. The van der Waals surface area contributed by atoms with Gasteiger partial charge in [0.25, 0.3) is 0 Å². The van der Waals surface area contributed by atoms with Crippen molar-refractivity contribution >= 4 is 17.8 Å². The molecule has 0 aliphatic carbocycles. The van der Waals surface area contributed by atoms with Crippen LogP contribution in [-0.4, -0.2) is 59.7 Å². The molecule has 220 valence electrons. The molecule has 8 nitrogen and oxygen atoms in total. The van der Waals surface area contributed by atoms with Gasteiger partial charge in [0.2, 0.25) is 11.8 Å². The van der Waals surface area contributed by atoms with E-state index in [1.807, 2.05) is 54.6 Å². The van der Waals surface area contributed by atoms with Crippen molar-refractivity contribution in [3.05, 3.63) is 96.6 Å². The highest BCUT2D eigenvalue weighted by Gasteiger charge is 2.32. The number of fused-ring (bicyclic) bond motifs is 1. The third kappa shape index (κ3) is 10.3. The molecule has 3 rings (SSSR count). The SMILES string of the molecule is C=CCCCC(=O)OC[C@H](COCc1ccccc1)NC(=O)[C@H](CC=C)CC(=O)N1Cc2ccccc2C[C@H]1CO. The Morgan fingerprint density at radius 2 is 1.76 bits per heavy atom. The Morgan fingerprint density at radius 1 is 1.02 bits per heavy atom. The van der Waals surface area contributed by atoms with E-state index in [4.69, 9.17) is 9.47 Å². The van der Waals surface area contributed by atoms with E-state index in [2.05, 4.69) is 18.5 Å². The minimum atomic E-state index is -0.670. The fraction of sp³-hybridized carbons (Fsp3) is 0.424. The van der Waals surface area contributed by atoms with Crippen LogP contribution in [0.4, 0.5) is 0 Å². The fourth-order valence-corrected chi connectivity index (χ4v) is 4.85. The Labute approximate surface area is 243 Å². The number of esters is 1. The van der Waals surface area contributed by atoms with Gasteiger partial charge in [0.1, 0.15) is 6.61 Å². The predicted octanol–water partition coefficient (Wildman–Crippen LogP) is 4.12. The van der Waals surface area contributed by atoms with Gasteiger partial charge < -0.3 is 24.8 Å². The number of nitrogens with zero attached hydrogens (tertiary/aromatic N) is 1. The second-order valence-corrected chi connectivity index (χ2v) is 10.3. The predicted molar refractivity (Wildman–Crippen MR) is 158 cm³/mol. The molecule has 2 amide bonds. The number of ether oxygens (including phenoxy) is 2. The van der Waals surface area contributed by atoms with Gasteiger partial charge in [-0.05, 0) is 42.4 Å². The number of allylic oxidation sites excluding steroid dienone is 2. The Morgan fingerprint density at radius 3 is 2.46 bits per heavy atom. The zero-order valence-corrected chi connectivity index (χ0v) is 23.7. The Balaban J connectivity index is 1.63. The second-order valence-electron chi connectivity index (χ2n) is 10.3. The lowest BCUT2D eigenvalue weighted by atomic mass is 9.92. The fourth-order valence-electron chi connectivity index (χ4n) is 4.85. The van der Waals surface area contributed by atoms with Crippen molar-refractivity contribution in [3.8, 4) is 0 Å². The number of benzene rings is 2. The molecule has 0 bridgehead atoms. The maximum atomic E-state index is 13.4. The summed E-state index contributed by atoms with van der Waals surface area (Å²) in [6.45, 7) is 8.10. The van der Waals surface area contributed by atoms with Gasteiger partial charge in [-0.25, -0.2) is 0 Å². The Hall–Kier alpha value is -3.75. The summed E-state index contributed by atoms with van der Waals surface area (Å²) in [7, 11) is 0. The molecular weight excluding hydrogens is 520 g/mol. The van der Waals surface area contributed by atoms with Crippen molar-refractivity contribution in [2.45, 2.75) is 63.8 Å². The van der Waals surface area contributed by atoms with Gasteiger partial charge in [-0.3, -0.25) is 14.4 Å². The van der Waals surface area contributed by atoms with Crippen molar-refractivity contribution in [3.63, 3.8) is 0 Å². The normalized spacial score (nSPS) is 15.7. The van der Waals surface area contributed by atoms with Crippen LogP contribution in [-0.2, 0) is 43.4 Å². The zero-order valence-electron chi connectivity index (χ0n) is 23.7. The Kier molecular flexibility index (Phi) is 13.3. The van der Waals surface area contributed by atoms with Crippen LogP contribution in [0.15, 0.2) is 79.9 Å². The molecule has 1 aliphatic heterocycles. The Bertz CT molecular complexity index is 1150. The van der Waals surface area contributed by atoms with Crippen LogP contribution < -0.4 is 5.32 Å². The number of nitrogens with one attached hydrogen (secondary N) is 1. The number of aliphatic hydroxyl groups excluding tert-OH is 1. The molecule has 8 heteroatoms. The molecule has 0 saturated carbocycles. The first-order valence-electron chi connectivity index (χ1n) is 14.2. The maximum absolute atomic E-state index is 13.4. The molecule has 2 N–H and O–H groups in total. The first-order chi connectivity index (χ1) is 19.9. The van der Waals surface area contributed by atoms with Crippen molar-refractivity contribution in [1.82, 2.24) is 10.2 Å². The van der Waals surface area contributed by atoms with E-state index in [-0.39, 0.29) is 56.5 Å². The third-order valence-electron chi connectivity index (χ3n) is 7.14. The van der Waals surface area contributed by atoms with Crippen LogP contribution >= 0.6 is 0 Å². The van der Waals surface area contributed by atoms with Crippen molar-refractivity contribution in [2.75, 3.05) is 19.8 Å². The summed E-state index contributed by atoms with van der Waals surface area (Å²) in [4.78, 5) is 40.7. The topological polar surface area (TPSA) is 105 Å². The lowest BCUT2D eigenvalue weighted by Gasteiger charge is -2.36. The molecule has 0 fully saturated rings. The molecule has 41 heavy (non-hydrogen) atoms. The van der Waals surface area contributed by atoms with Gasteiger partial charge >= 0.3 is 5.97 Å². The van der Waals surface area contributed by atoms with Crippen LogP contribution in [0.25, 0.3) is 0 Å². The quantitative estimate of drug-likeness (QED) is 0.171. The van der Waals surface area contributed by atoms with Gasteiger partial charge in [0, 0.05) is 19.4 Å². The summed E-state index contributed by atoms with van der Waals surface area (Å²) in [5.41, 5.74) is 3.14. The second kappa shape index (κ2) is 17.1. The molecule has 0 spiro atoms. The van der Waals surface area contributed by atoms with Gasteiger partial charge in [-0.15, -0.1) is 13.2 Å². The summed E-state index contributed by atoms with van der Waals surface area (Å²) < 4.78 is 11.3. The smallest absolute Gasteiger partial charge is 0.305 e. The number of carbonyl (C=O) groups excluding carboxylic acids is 3. The van der Waals surface area contributed by atoms with Crippen molar-refractivity contribution < 1.29 is 29.0 Å². The minimum absolute atomic E-state index is 0.0323. The van der Waals surface area contributed by atoms with Crippen LogP contribution in [0.3, 0.4) is 0 Å². The number of hydrogen-bond donors (Lipinski definition) is 2. The van der Waals surface area contributed by atoms with E-state index in [0.29, 0.717) is 38.8 Å². The lowest BCUT2D eigenvalue weighted by molar-refractivity contribution is -0.146. The van der Waals surface area contributed by atoms with Gasteiger partial charge in [0.15, 0.2) is 0 Å². The number of aliphatic hydroxyl groups is 1. The zero-order chi connectivity index (χ0) is 29.5. The van der Waals surface area contributed by atoms with Crippen LogP contribution in [0.5, 0.6) is 0 Å². The number of unbranched alkanes of at least 4 members (excludes halogenated alkanes) is 1. The molecule has 1 heterocycles. The number of amides is 2. The van der Waals surface area contributed by atoms with Crippen molar-refractivity contribution in [1.29, 1.82) is 0 Å². The molecule has 0 saturated heterocycles. The molecule has 1 aliphatic rings. The van der Waals surface area contributed by atoms with Gasteiger partial charge in [-0.1, -0.05) is 66.7 Å². The first-order valence-corrected chi connectivity index (χ1v) is 14.2. The first kappa shape index (κ1) is 31.8. The highest BCUT2D eigenvalue weighted by atomic mass is 16.5. The molecular formula is C33H42N2O6. The third-order valence-corrected chi connectivity index (χ3v) is 7.14. The summed E-state index contributed by atoms with van der Waals surface area (Å²) >= 11 is 0. The number of carbonyl (C=O) groups is 3. The lowest BCUT2D eigenvalue weighted by Crippen LogP contribution is -2.49. The maximum Gasteiger partial charge on any atom is 0.305 e. The van der Waals surface area contributed by atoms with E-state index in [1.54, 1.807) is 17.1 Å². The van der Waals surface area contributed by atoms with Crippen LogP contribution in [0, 0.1) is 5.92 Å². The summed E-state index contributed by atoms with van der Waals surface area (Å²) in [6, 6.07) is 16.6. The van der Waals surface area contributed by atoms with E-state index >= 15 is 0 Å². The average molecular weight is 563 g/mol. The minimum Gasteiger partial charge on any atom is -0.463 e. The van der Waals surface area contributed by atoms with Crippen LogP contribution in [0.1, 0.15) is 48.8 Å². The van der Waals surface area contributed by atoms with Gasteiger partial charge in [-0.2, -0.15) is 0 Å². The average Bonchev–Trinajstić information content (AvgIpc) is 2.99. The molecule has 2 aromatic carbocycles. The van der Waals surface area contributed by atoms with Crippen LogP contribution in [0.2, 0.25) is 0 Å². The molecule has 3 atom stereocenters.